The average Bonchev–Trinajstić information content (AvgIpc) is 2.83. The van der Waals surface area contributed by atoms with E-state index in [2.05, 4.69) is 31.9 Å². The van der Waals surface area contributed by atoms with Crippen LogP contribution in [0.25, 0.3) is 0 Å². The van der Waals surface area contributed by atoms with E-state index in [0.29, 0.717) is 20.1 Å². The molecule has 0 aliphatic carbocycles. The molecule has 0 atom stereocenters. The van der Waals surface area contributed by atoms with Crippen LogP contribution in [0.1, 0.15) is 47.8 Å². The Morgan fingerprint density at radius 1 is 0.375 bits per heavy atom. The third kappa shape index (κ3) is 4.27. The lowest BCUT2D eigenvalue weighted by Gasteiger charge is -2.12. The van der Waals surface area contributed by atoms with Gasteiger partial charge in [0.05, 0.1) is 0 Å². The molecule has 0 aliphatic rings. The van der Waals surface area contributed by atoms with Crippen LogP contribution in [-0.2, 0) is 0 Å². The minimum Gasteiger partial charge on any atom is -0.289 e. The number of ketones is 3. The first-order valence-electron chi connectivity index (χ1n) is 9.80. The predicted molar refractivity (Wildman–Crippen MR) is 131 cm³/mol. The van der Waals surface area contributed by atoms with Crippen molar-refractivity contribution in [3.8, 4) is 0 Å². The van der Waals surface area contributed by atoms with E-state index in [-0.39, 0.29) is 39.6 Å². The lowest BCUT2D eigenvalue weighted by Crippen LogP contribution is -2.15. The van der Waals surface area contributed by atoms with Crippen molar-refractivity contribution in [1.82, 2.24) is 0 Å². The number of halogens is 2. The van der Waals surface area contributed by atoms with E-state index in [1.54, 1.807) is 84.9 Å². The number of carbonyl (C=O) groups is 3. The quantitative estimate of drug-likeness (QED) is 0.246. The normalized spacial score (nSPS) is 10.6. The van der Waals surface area contributed by atoms with Gasteiger partial charge in [-0.1, -0.05) is 105 Å². The summed E-state index contributed by atoms with van der Waals surface area (Å²) in [6.45, 7) is 0. The van der Waals surface area contributed by atoms with Crippen LogP contribution in [-0.4, -0.2) is 17.3 Å². The van der Waals surface area contributed by atoms with Crippen molar-refractivity contribution in [3.05, 3.63) is 139 Å². The van der Waals surface area contributed by atoms with E-state index in [4.69, 9.17) is 0 Å². The molecule has 0 radical (unpaired) electrons. The molecule has 4 rings (SSSR count). The third-order valence-electron chi connectivity index (χ3n) is 5.07. The molecular weight excluding hydrogens is 532 g/mol. The maximum absolute atomic E-state index is 13.6. The van der Waals surface area contributed by atoms with Crippen molar-refractivity contribution in [2.45, 2.75) is 0 Å². The Labute approximate surface area is 202 Å². The molecule has 0 fully saturated rings. The first kappa shape index (κ1) is 22.1. The molecular formula is C27H16Br2O3. The summed E-state index contributed by atoms with van der Waals surface area (Å²) >= 11 is 6.82. The van der Waals surface area contributed by atoms with Gasteiger partial charge in [-0.05, 0) is 24.3 Å². The van der Waals surface area contributed by atoms with Gasteiger partial charge in [-0.15, -0.1) is 0 Å². The summed E-state index contributed by atoms with van der Waals surface area (Å²) in [5.74, 6) is -0.913. The van der Waals surface area contributed by atoms with Gasteiger partial charge < -0.3 is 0 Å². The van der Waals surface area contributed by atoms with Gasteiger partial charge in [-0.3, -0.25) is 14.4 Å². The zero-order valence-corrected chi connectivity index (χ0v) is 19.9. The van der Waals surface area contributed by atoms with E-state index in [1.165, 1.54) is 0 Å². The topological polar surface area (TPSA) is 51.2 Å². The summed E-state index contributed by atoms with van der Waals surface area (Å²) in [6.07, 6.45) is 0. The fraction of sp³-hybridized carbons (Fsp3) is 0. The highest BCUT2D eigenvalue weighted by Crippen LogP contribution is 2.26. The minimum atomic E-state index is -0.378. The molecule has 156 valence electrons. The Bertz CT molecular complexity index is 1260. The van der Waals surface area contributed by atoms with Crippen molar-refractivity contribution >= 4 is 49.2 Å². The van der Waals surface area contributed by atoms with E-state index < -0.39 is 0 Å². The Morgan fingerprint density at radius 3 is 0.875 bits per heavy atom. The fourth-order valence-corrected chi connectivity index (χ4v) is 4.41. The molecule has 0 amide bonds. The molecule has 3 nitrogen and oxygen atoms in total. The Kier molecular flexibility index (Phi) is 6.58. The molecule has 0 aromatic heterocycles. The molecule has 0 aliphatic heterocycles. The second-order valence-electron chi connectivity index (χ2n) is 7.04. The predicted octanol–water partition coefficient (Wildman–Crippen LogP) is 6.90. The Balaban J connectivity index is 1.80. The van der Waals surface area contributed by atoms with Gasteiger partial charge in [0, 0.05) is 42.3 Å². The zero-order valence-electron chi connectivity index (χ0n) is 16.7. The van der Waals surface area contributed by atoms with Gasteiger partial charge in [0.2, 0.25) is 0 Å². The van der Waals surface area contributed by atoms with Gasteiger partial charge in [0.25, 0.3) is 0 Å². The van der Waals surface area contributed by atoms with Gasteiger partial charge in [0.15, 0.2) is 17.3 Å². The molecule has 5 heteroatoms. The summed E-state index contributed by atoms with van der Waals surface area (Å²) in [5.41, 5.74) is 2.00. The van der Waals surface area contributed by atoms with E-state index >= 15 is 0 Å². The second-order valence-corrected chi connectivity index (χ2v) is 8.75. The SMILES string of the molecule is O=C(c1ccccc1Br)c1ccccc1C(=O)c1ccccc1C(=O)c1ccccc1Br. The summed E-state index contributed by atoms with van der Waals surface area (Å²) in [5, 5.41) is 0. The van der Waals surface area contributed by atoms with Gasteiger partial charge in [-0.25, -0.2) is 0 Å². The largest absolute Gasteiger partial charge is 0.289 e. The maximum Gasteiger partial charge on any atom is 0.194 e. The molecule has 4 aromatic carbocycles. The molecule has 0 bridgehead atoms. The van der Waals surface area contributed by atoms with Crippen molar-refractivity contribution in [2.24, 2.45) is 0 Å². The number of hydrogen-bond donors (Lipinski definition) is 0. The van der Waals surface area contributed by atoms with E-state index in [0.717, 1.165) is 0 Å². The third-order valence-corrected chi connectivity index (χ3v) is 6.45. The molecule has 0 spiro atoms. The molecule has 0 saturated heterocycles. The standard InChI is InChI=1S/C27H16Br2O3/c28-23-15-7-5-13-21(23)26(31)19-11-3-1-9-17(19)25(30)18-10-2-4-12-20(18)27(32)22-14-6-8-16-24(22)29/h1-16H. The number of benzene rings is 4. The fourth-order valence-electron chi connectivity index (χ4n) is 3.48. The zero-order chi connectivity index (χ0) is 22.7. The summed E-state index contributed by atoms with van der Waals surface area (Å²) in [7, 11) is 0. The highest BCUT2D eigenvalue weighted by molar-refractivity contribution is 9.10. The van der Waals surface area contributed by atoms with Gasteiger partial charge in [0.1, 0.15) is 0 Å². The van der Waals surface area contributed by atoms with Crippen LogP contribution < -0.4 is 0 Å². The molecule has 0 heterocycles. The van der Waals surface area contributed by atoms with Crippen LogP contribution in [0.5, 0.6) is 0 Å². The van der Waals surface area contributed by atoms with Crippen LogP contribution >= 0.6 is 31.9 Å². The minimum absolute atomic E-state index is 0.251. The van der Waals surface area contributed by atoms with E-state index in [9.17, 15) is 14.4 Å². The van der Waals surface area contributed by atoms with Crippen molar-refractivity contribution in [2.75, 3.05) is 0 Å². The van der Waals surface area contributed by atoms with Crippen LogP contribution in [0.4, 0.5) is 0 Å². The highest BCUT2D eigenvalue weighted by atomic mass is 79.9. The average molecular weight is 548 g/mol. The Morgan fingerprint density at radius 2 is 0.594 bits per heavy atom. The monoisotopic (exact) mass is 546 g/mol. The summed E-state index contributed by atoms with van der Waals surface area (Å²) in [6, 6.07) is 27.5. The van der Waals surface area contributed by atoms with Crippen LogP contribution in [0.2, 0.25) is 0 Å². The van der Waals surface area contributed by atoms with Crippen LogP contribution in [0.15, 0.2) is 106 Å². The van der Waals surface area contributed by atoms with E-state index in [1.807, 2.05) is 12.1 Å². The van der Waals surface area contributed by atoms with Gasteiger partial charge in [-0.2, -0.15) is 0 Å². The lowest BCUT2D eigenvalue weighted by molar-refractivity contribution is 0.0993. The molecule has 0 unspecified atom stereocenters. The molecule has 4 aromatic rings. The van der Waals surface area contributed by atoms with Gasteiger partial charge >= 0.3 is 0 Å². The van der Waals surface area contributed by atoms with Crippen LogP contribution in [0, 0.1) is 0 Å². The summed E-state index contributed by atoms with van der Waals surface area (Å²) < 4.78 is 1.30. The molecule has 32 heavy (non-hydrogen) atoms. The highest BCUT2D eigenvalue weighted by Gasteiger charge is 2.24. The lowest BCUT2D eigenvalue weighted by atomic mass is 9.89. The first-order valence-corrected chi connectivity index (χ1v) is 11.4. The maximum atomic E-state index is 13.6. The van der Waals surface area contributed by atoms with Crippen LogP contribution in [0.3, 0.4) is 0 Å². The second kappa shape index (κ2) is 9.55. The molecule has 0 N–H and O–H groups in total. The summed E-state index contributed by atoms with van der Waals surface area (Å²) in [4.78, 5) is 40.1. The van der Waals surface area contributed by atoms with Crippen molar-refractivity contribution < 1.29 is 14.4 Å². The van der Waals surface area contributed by atoms with Crippen molar-refractivity contribution in [1.29, 1.82) is 0 Å². The molecule has 0 saturated carbocycles. The smallest absolute Gasteiger partial charge is 0.194 e. The number of hydrogen-bond acceptors (Lipinski definition) is 3. The Hall–Kier alpha value is -3.15. The number of carbonyl (C=O) groups excluding carboxylic acids is 3. The number of rotatable bonds is 6. The van der Waals surface area contributed by atoms with Crippen molar-refractivity contribution in [3.63, 3.8) is 0 Å². The first-order chi connectivity index (χ1) is 15.5.